The van der Waals surface area contributed by atoms with Crippen molar-refractivity contribution in [3.63, 3.8) is 0 Å². The molecule has 0 radical (unpaired) electrons. The lowest BCUT2D eigenvalue weighted by atomic mass is 9.91. The number of nitrogens with zero attached hydrogens (tertiary/aromatic N) is 2. The predicted octanol–water partition coefficient (Wildman–Crippen LogP) is 2.15. The predicted molar refractivity (Wildman–Crippen MR) is 70.8 cm³/mol. The van der Waals surface area contributed by atoms with Crippen molar-refractivity contribution in [1.29, 1.82) is 5.26 Å². The molecule has 1 aromatic rings. The van der Waals surface area contributed by atoms with Crippen LogP contribution in [0.1, 0.15) is 30.9 Å². The third-order valence-corrected chi connectivity index (χ3v) is 3.89. The zero-order valence-electron chi connectivity index (χ0n) is 10.8. The van der Waals surface area contributed by atoms with E-state index in [-0.39, 0.29) is 12.6 Å². The minimum atomic E-state index is 0.234. The lowest BCUT2D eigenvalue weighted by Crippen LogP contribution is -2.45. The maximum Gasteiger partial charge on any atom is 0.0991 e. The van der Waals surface area contributed by atoms with E-state index in [0.29, 0.717) is 11.5 Å². The molecule has 1 aliphatic rings. The molecule has 0 spiro atoms. The molecule has 2 rings (SSSR count). The highest BCUT2D eigenvalue weighted by Gasteiger charge is 2.27. The van der Waals surface area contributed by atoms with Gasteiger partial charge in [0.2, 0.25) is 0 Å². The lowest BCUT2D eigenvalue weighted by Gasteiger charge is -2.39. The number of aliphatic hydroxyl groups is 1. The molecule has 96 valence electrons. The molecule has 0 saturated carbocycles. The van der Waals surface area contributed by atoms with E-state index in [9.17, 15) is 5.11 Å². The van der Waals surface area contributed by atoms with Crippen molar-refractivity contribution in [2.24, 2.45) is 5.92 Å². The molecule has 1 N–H and O–H groups in total. The highest BCUT2D eigenvalue weighted by molar-refractivity contribution is 5.31. The maximum absolute atomic E-state index is 9.51. The topological polar surface area (TPSA) is 47.3 Å². The van der Waals surface area contributed by atoms with Gasteiger partial charge in [-0.25, -0.2) is 0 Å². The minimum absolute atomic E-state index is 0.234. The largest absolute Gasteiger partial charge is 0.395 e. The van der Waals surface area contributed by atoms with Crippen LogP contribution in [0.15, 0.2) is 24.3 Å². The zero-order chi connectivity index (χ0) is 13.0. The standard InChI is InChI=1S/C15H20N2O/c1-12-3-2-8-17(15(12)11-18)10-14-6-4-13(9-16)5-7-14/h4-7,12,15,18H,2-3,8,10-11H2,1H3. The first-order valence-corrected chi connectivity index (χ1v) is 6.58. The number of rotatable bonds is 3. The molecule has 1 aromatic carbocycles. The molecular weight excluding hydrogens is 224 g/mol. The van der Waals surface area contributed by atoms with Gasteiger partial charge in [-0.15, -0.1) is 0 Å². The Labute approximate surface area is 109 Å². The summed E-state index contributed by atoms with van der Waals surface area (Å²) in [5.41, 5.74) is 1.91. The van der Waals surface area contributed by atoms with Crippen LogP contribution in [-0.4, -0.2) is 29.2 Å². The van der Waals surface area contributed by atoms with Gasteiger partial charge in [-0.3, -0.25) is 4.90 Å². The van der Waals surface area contributed by atoms with Gasteiger partial charge < -0.3 is 5.11 Å². The summed E-state index contributed by atoms with van der Waals surface area (Å²) in [5, 5.41) is 18.3. The molecule has 3 heteroatoms. The average Bonchev–Trinajstić information content (AvgIpc) is 2.40. The summed E-state index contributed by atoms with van der Waals surface area (Å²) in [7, 11) is 0. The second-order valence-corrected chi connectivity index (χ2v) is 5.15. The Hall–Kier alpha value is -1.37. The van der Waals surface area contributed by atoms with Gasteiger partial charge in [0.15, 0.2) is 0 Å². The number of aliphatic hydroxyl groups excluding tert-OH is 1. The van der Waals surface area contributed by atoms with Gasteiger partial charge in [-0.2, -0.15) is 5.26 Å². The number of nitriles is 1. The van der Waals surface area contributed by atoms with Gasteiger partial charge in [0.25, 0.3) is 0 Å². The van der Waals surface area contributed by atoms with Gasteiger partial charge >= 0.3 is 0 Å². The Kier molecular flexibility index (Phi) is 4.35. The van der Waals surface area contributed by atoms with E-state index < -0.39 is 0 Å². The molecule has 0 aromatic heterocycles. The molecule has 2 unspecified atom stereocenters. The zero-order valence-corrected chi connectivity index (χ0v) is 10.8. The normalized spacial score (nSPS) is 24.7. The number of benzene rings is 1. The van der Waals surface area contributed by atoms with Crippen molar-refractivity contribution in [2.75, 3.05) is 13.2 Å². The van der Waals surface area contributed by atoms with E-state index in [1.165, 1.54) is 18.4 Å². The summed E-state index contributed by atoms with van der Waals surface area (Å²) >= 11 is 0. The Balaban J connectivity index is 2.04. The minimum Gasteiger partial charge on any atom is -0.395 e. The number of hydrogen-bond acceptors (Lipinski definition) is 3. The van der Waals surface area contributed by atoms with Crippen molar-refractivity contribution in [1.82, 2.24) is 4.90 Å². The van der Waals surface area contributed by atoms with Crippen LogP contribution >= 0.6 is 0 Å². The van der Waals surface area contributed by atoms with E-state index in [4.69, 9.17) is 5.26 Å². The van der Waals surface area contributed by atoms with Crippen molar-refractivity contribution in [3.05, 3.63) is 35.4 Å². The fourth-order valence-corrected chi connectivity index (χ4v) is 2.75. The van der Waals surface area contributed by atoms with E-state index >= 15 is 0 Å². The van der Waals surface area contributed by atoms with Crippen LogP contribution in [0.3, 0.4) is 0 Å². The van der Waals surface area contributed by atoms with Gasteiger partial charge in [0.1, 0.15) is 0 Å². The second-order valence-electron chi connectivity index (χ2n) is 5.15. The fourth-order valence-electron chi connectivity index (χ4n) is 2.75. The van der Waals surface area contributed by atoms with E-state index in [2.05, 4.69) is 17.9 Å². The van der Waals surface area contributed by atoms with Crippen molar-refractivity contribution < 1.29 is 5.11 Å². The Bertz CT molecular complexity index is 421. The molecule has 0 aliphatic carbocycles. The first-order chi connectivity index (χ1) is 8.74. The quantitative estimate of drug-likeness (QED) is 0.886. The van der Waals surface area contributed by atoms with Crippen molar-refractivity contribution >= 4 is 0 Å². The summed E-state index contributed by atoms with van der Waals surface area (Å²) < 4.78 is 0. The summed E-state index contributed by atoms with van der Waals surface area (Å²) in [6.45, 7) is 4.36. The number of piperidine rings is 1. The third-order valence-electron chi connectivity index (χ3n) is 3.89. The molecule has 3 nitrogen and oxygen atoms in total. The van der Waals surface area contributed by atoms with E-state index in [1.807, 2.05) is 24.3 Å². The maximum atomic E-state index is 9.51. The van der Waals surface area contributed by atoms with Crippen LogP contribution in [0.25, 0.3) is 0 Å². The van der Waals surface area contributed by atoms with Crippen LogP contribution in [0.5, 0.6) is 0 Å². The Morgan fingerprint density at radius 3 is 2.72 bits per heavy atom. The fraction of sp³-hybridized carbons (Fsp3) is 0.533. The third kappa shape index (κ3) is 2.90. The monoisotopic (exact) mass is 244 g/mol. The smallest absolute Gasteiger partial charge is 0.0991 e. The van der Waals surface area contributed by atoms with Crippen molar-refractivity contribution in [2.45, 2.75) is 32.4 Å². The first-order valence-electron chi connectivity index (χ1n) is 6.58. The number of likely N-dealkylation sites (tertiary alicyclic amines) is 1. The molecule has 1 fully saturated rings. The van der Waals surface area contributed by atoms with Crippen molar-refractivity contribution in [3.8, 4) is 6.07 Å². The summed E-state index contributed by atoms with van der Waals surface area (Å²) in [6, 6.07) is 10.1. The number of hydrogen-bond donors (Lipinski definition) is 1. The van der Waals surface area contributed by atoms with Crippen LogP contribution in [0.2, 0.25) is 0 Å². The molecule has 1 saturated heterocycles. The molecule has 1 heterocycles. The highest BCUT2D eigenvalue weighted by Crippen LogP contribution is 2.24. The van der Waals surface area contributed by atoms with Crippen LogP contribution < -0.4 is 0 Å². The van der Waals surface area contributed by atoms with Gasteiger partial charge in [0.05, 0.1) is 18.2 Å². The van der Waals surface area contributed by atoms with Gasteiger partial charge in [-0.1, -0.05) is 19.1 Å². The first kappa shape index (κ1) is 13.1. The lowest BCUT2D eigenvalue weighted by molar-refractivity contribution is 0.0472. The van der Waals surface area contributed by atoms with Crippen LogP contribution in [0.4, 0.5) is 0 Å². The molecule has 0 amide bonds. The summed E-state index contributed by atoms with van der Waals surface area (Å²) in [4.78, 5) is 2.36. The van der Waals surface area contributed by atoms with Gasteiger partial charge in [0, 0.05) is 12.6 Å². The Morgan fingerprint density at radius 2 is 2.11 bits per heavy atom. The Morgan fingerprint density at radius 1 is 1.39 bits per heavy atom. The van der Waals surface area contributed by atoms with Crippen LogP contribution in [0, 0.1) is 17.2 Å². The molecule has 18 heavy (non-hydrogen) atoms. The van der Waals surface area contributed by atoms with Crippen LogP contribution in [-0.2, 0) is 6.54 Å². The highest BCUT2D eigenvalue weighted by atomic mass is 16.3. The molecule has 2 atom stereocenters. The van der Waals surface area contributed by atoms with Gasteiger partial charge in [-0.05, 0) is 43.0 Å². The SMILES string of the molecule is CC1CCCN(Cc2ccc(C#N)cc2)C1CO. The van der Waals surface area contributed by atoms with E-state index in [0.717, 1.165) is 13.1 Å². The molecular formula is C15H20N2O. The molecule has 1 aliphatic heterocycles. The summed E-state index contributed by atoms with van der Waals surface area (Å²) in [5.74, 6) is 0.558. The van der Waals surface area contributed by atoms with E-state index in [1.54, 1.807) is 0 Å². The molecule has 0 bridgehead atoms. The average molecular weight is 244 g/mol. The second kappa shape index (κ2) is 5.99. The summed E-state index contributed by atoms with van der Waals surface area (Å²) in [6.07, 6.45) is 2.41.